The van der Waals surface area contributed by atoms with E-state index >= 15 is 0 Å². The monoisotopic (exact) mass is 448 g/mol. The molecule has 0 unspecified atom stereocenters. The fourth-order valence-corrected chi connectivity index (χ4v) is 2.99. The lowest BCUT2D eigenvalue weighted by Crippen LogP contribution is -2.22. The number of esters is 1. The molecular weight excluding hydrogens is 426 g/mol. The molecule has 3 aromatic rings. The predicted molar refractivity (Wildman–Crippen MR) is 112 cm³/mol. The minimum atomic E-state index is -0.871. The van der Waals surface area contributed by atoms with Gasteiger partial charge in [-0.3, -0.25) is 23.9 Å². The lowest BCUT2D eigenvalue weighted by atomic mass is 10.0. The second kappa shape index (κ2) is 10.9. The van der Waals surface area contributed by atoms with Gasteiger partial charge in [0.1, 0.15) is 28.6 Å². The topological polar surface area (TPSA) is 99.6 Å². The zero-order chi connectivity index (χ0) is 23.8. The van der Waals surface area contributed by atoms with E-state index in [2.05, 4.69) is 9.84 Å². The van der Waals surface area contributed by atoms with E-state index in [9.17, 15) is 23.2 Å². The first-order valence-electron chi connectivity index (χ1n) is 9.21. The van der Waals surface area contributed by atoms with Gasteiger partial charge in [0.05, 0.1) is 46.2 Å². The van der Waals surface area contributed by atoms with Crippen molar-refractivity contribution in [2.75, 3.05) is 28.5 Å². The van der Waals surface area contributed by atoms with Gasteiger partial charge in [0.15, 0.2) is 0 Å². The summed E-state index contributed by atoms with van der Waals surface area (Å²) in [6, 6.07) is 10.3. The van der Waals surface area contributed by atoms with E-state index in [1.165, 1.54) is 33.5 Å². The highest BCUT2D eigenvalue weighted by atomic mass is 19.1. The number of ether oxygens (including phenoxy) is 3. The van der Waals surface area contributed by atoms with Crippen LogP contribution in [0.15, 0.2) is 47.3 Å². The Morgan fingerprint density at radius 3 is 2.31 bits per heavy atom. The number of methoxy groups -OCH3 is 3. The minimum absolute atomic E-state index is 0.00188. The van der Waals surface area contributed by atoms with Crippen LogP contribution >= 0.6 is 0 Å². The molecule has 0 aliphatic heterocycles. The van der Waals surface area contributed by atoms with E-state index in [1.807, 2.05) is 0 Å². The van der Waals surface area contributed by atoms with E-state index in [-0.39, 0.29) is 29.0 Å². The first kappa shape index (κ1) is 24.3. The van der Waals surface area contributed by atoms with Crippen LogP contribution in [0.2, 0.25) is 0 Å². The average Bonchev–Trinajstić information content (AvgIpc) is 3.14. The van der Waals surface area contributed by atoms with Crippen LogP contribution in [0.1, 0.15) is 21.6 Å². The molecule has 0 saturated carbocycles. The zero-order valence-electron chi connectivity index (χ0n) is 17.9. The number of halogens is 2. The van der Waals surface area contributed by atoms with Gasteiger partial charge in [0.2, 0.25) is 5.78 Å². The molecule has 0 amide bonds. The number of rotatable bonds is 7. The number of H-pyrrole nitrogens is 1. The molecule has 1 N–H and O–H groups in total. The Morgan fingerprint density at radius 2 is 1.72 bits per heavy atom. The molecule has 0 spiro atoms. The standard InChI is InChI=1S/C21H19FN2O6.CH3F/c1-28-12-8-9-13(14(22)10-12)20(26)19-15(11-18(25)30-3)23-24(21(19)27)16-6-4-5-7-17(16)29-2;1-2/h4-10,23H,11H2,1-3H3;1H3. The van der Waals surface area contributed by atoms with Crippen LogP contribution in [-0.4, -0.2) is 50.0 Å². The molecule has 2 aromatic carbocycles. The first-order valence-corrected chi connectivity index (χ1v) is 9.21. The Labute approximate surface area is 182 Å². The molecule has 32 heavy (non-hydrogen) atoms. The van der Waals surface area contributed by atoms with Crippen molar-refractivity contribution in [3.8, 4) is 17.2 Å². The summed E-state index contributed by atoms with van der Waals surface area (Å²) in [4.78, 5) is 38.1. The molecule has 1 heterocycles. The van der Waals surface area contributed by atoms with E-state index in [0.29, 0.717) is 18.6 Å². The van der Waals surface area contributed by atoms with Crippen molar-refractivity contribution in [1.82, 2.24) is 9.78 Å². The van der Waals surface area contributed by atoms with Crippen molar-refractivity contribution in [2.24, 2.45) is 0 Å². The molecule has 0 fully saturated rings. The van der Waals surface area contributed by atoms with E-state index < -0.39 is 23.1 Å². The highest BCUT2D eigenvalue weighted by molar-refractivity contribution is 6.10. The lowest BCUT2D eigenvalue weighted by molar-refractivity contribution is -0.139. The van der Waals surface area contributed by atoms with Gasteiger partial charge in [-0.2, -0.15) is 0 Å². The van der Waals surface area contributed by atoms with Crippen molar-refractivity contribution in [3.63, 3.8) is 0 Å². The zero-order valence-corrected chi connectivity index (χ0v) is 17.9. The summed E-state index contributed by atoms with van der Waals surface area (Å²) >= 11 is 0. The van der Waals surface area contributed by atoms with Gasteiger partial charge in [-0.25, -0.2) is 9.07 Å². The minimum Gasteiger partial charge on any atom is -0.497 e. The smallest absolute Gasteiger partial charge is 0.311 e. The van der Waals surface area contributed by atoms with Crippen molar-refractivity contribution in [1.29, 1.82) is 0 Å². The molecule has 0 aliphatic rings. The number of ketones is 1. The van der Waals surface area contributed by atoms with Crippen molar-refractivity contribution < 1.29 is 32.6 Å². The van der Waals surface area contributed by atoms with Crippen LogP contribution in [0, 0.1) is 5.82 Å². The highest BCUT2D eigenvalue weighted by Gasteiger charge is 2.27. The van der Waals surface area contributed by atoms with Crippen molar-refractivity contribution >= 4 is 11.8 Å². The fourth-order valence-electron chi connectivity index (χ4n) is 2.99. The fraction of sp³-hybridized carbons (Fsp3) is 0.227. The van der Waals surface area contributed by atoms with Gasteiger partial charge >= 0.3 is 5.97 Å². The molecule has 8 nitrogen and oxygen atoms in total. The van der Waals surface area contributed by atoms with E-state index in [0.717, 1.165) is 10.7 Å². The van der Waals surface area contributed by atoms with Gasteiger partial charge in [0.25, 0.3) is 5.56 Å². The maximum absolute atomic E-state index is 14.5. The number of hydrogen-bond acceptors (Lipinski definition) is 6. The van der Waals surface area contributed by atoms with Gasteiger partial charge in [0, 0.05) is 6.07 Å². The summed E-state index contributed by atoms with van der Waals surface area (Å²) in [5.41, 5.74) is -1.12. The Balaban J connectivity index is 0.00000176. The third-order valence-electron chi connectivity index (χ3n) is 4.49. The summed E-state index contributed by atoms with van der Waals surface area (Å²) in [5, 5.41) is 2.75. The quantitative estimate of drug-likeness (QED) is 0.441. The summed E-state index contributed by atoms with van der Waals surface area (Å²) in [5.74, 6) is -1.82. The number of hydrogen-bond donors (Lipinski definition) is 1. The molecule has 1 aromatic heterocycles. The number of nitrogens with one attached hydrogen (secondary N) is 1. The SMILES string of the molecule is CF.COC(=O)Cc1[nH]n(-c2ccccc2OC)c(=O)c1C(=O)c1ccc(OC)cc1F. The number of aromatic nitrogens is 2. The second-order valence-corrected chi connectivity index (χ2v) is 6.21. The Kier molecular flexibility index (Phi) is 8.28. The molecule has 3 rings (SSSR count). The maximum Gasteiger partial charge on any atom is 0.311 e. The summed E-state index contributed by atoms with van der Waals surface area (Å²) in [6.45, 7) is 0. The Hall–Kier alpha value is -3.95. The van der Waals surface area contributed by atoms with E-state index in [1.54, 1.807) is 24.3 Å². The van der Waals surface area contributed by atoms with Crippen LogP contribution in [0.3, 0.4) is 0 Å². The highest BCUT2D eigenvalue weighted by Crippen LogP contribution is 2.23. The third kappa shape index (κ3) is 4.85. The number of nitrogens with zero attached hydrogens (tertiary/aromatic N) is 1. The van der Waals surface area contributed by atoms with Crippen LogP contribution in [0.5, 0.6) is 11.5 Å². The molecule has 0 aliphatic carbocycles. The largest absolute Gasteiger partial charge is 0.497 e. The van der Waals surface area contributed by atoms with Crippen LogP contribution in [0.25, 0.3) is 5.69 Å². The molecule has 0 saturated heterocycles. The number of aromatic amines is 1. The van der Waals surface area contributed by atoms with Crippen molar-refractivity contribution in [3.05, 3.63) is 75.5 Å². The molecule has 0 atom stereocenters. The van der Waals surface area contributed by atoms with Gasteiger partial charge < -0.3 is 14.2 Å². The number of alkyl halides is 1. The van der Waals surface area contributed by atoms with E-state index in [4.69, 9.17) is 9.47 Å². The normalized spacial score (nSPS) is 10.1. The van der Waals surface area contributed by atoms with Crippen molar-refractivity contribution in [2.45, 2.75) is 6.42 Å². The first-order chi connectivity index (χ1) is 15.4. The number of benzene rings is 2. The molecule has 0 radical (unpaired) electrons. The van der Waals surface area contributed by atoms with Gasteiger partial charge in [-0.15, -0.1) is 0 Å². The van der Waals surface area contributed by atoms with Crippen LogP contribution in [0.4, 0.5) is 8.78 Å². The Morgan fingerprint density at radius 1 is 1.03 bits per heavy atom. The third-order valence-corrected chi connectivity index (χ3v) is 4.49. The molecule has 0 bridgehead atoms. The van der Waals surface area contributed by atoms with Crippen LogP contribution < -0.4 is 15.0 Å². The summed E-state index contributed by atoms with van der Waals surface area (Å²) in [6.07, 6.45) is -0.382. The van der Waals surface area contributed by atoms with Crippen LogP contribution in [-0.2, 0) is 16.0 Å². The summed E-state index contributed by atoms with van der Waals surface area (Å²) < 4.78 is 39.9. The molecule has 10 heteroatoms. The molecular formula is C22H22F2N2O6. The predicted octanol–water partition coefficient (Wildman–Crippen LogP) is 2.85. The van der Waals surface area contributed by atoms with Gasteiger partial charge in [-0.05, 0) is 24.3 Å². The lowest BCUT2D eigenvalue weighted by Gasteiger charge is -2.07. The average molecular weight is 448 g/mol. The summed E-state index contributed by atoms with van der Waals surface area (Å²) in [7, 11) is 4.48. The Bertz CT molecular complexity index is 1170. The molecule has 170 valence electrons. The second-order valence-electron chi connectivity index (χ2n) is 6.21. The number of carbonyl (C=O) groups excluding carboxylic acids is 2. The maximum atomic E-state index is 14.5. The number of para-hydroxylation sites is 2. The van der Waals surface area contributed by atoms with Gasteiger partial charge in [-0.1, -0.05) is 12.1 Å². The number of carbonyl (C=O) groups is 2.